The lowest BCUT2D eigenvalue weighted by molar-refractivity contribution is -0.127. The second kappa shape index (κ2) is 8.29. The molecule has 5 heteroatoms. The first kappa shape index (κ1) is 15.4. The van der Waals surface area contributed by atoms with Crippen LogP contribution in [0.25, 0.3) is 0 Å². The summed E-state index contributed by atoms with van der Waals surface area (Å²) in [5.74, 6) is 0.800. The Morgan fingerprint density at radius 2 is 1.76 bits per heavy atom. The van der Waals surface area contributed by atoms with Crippen LogP contribution in [0.15, 0.2) is 30.3 Å². The fourth-order valence-corrected chi connectivity index (χ4v) is 2.43. The summed E-state index contributed by atoms with van der Waals surface area (Å²) in [5.41, 5.74) is 0. The minimum absolute atomic E-state index is 0.00367. The van der Waals surface area contributed by atoms with Crippen molar-refractivity contribution in [1.29, 1.82) is 0 Å². The van der Waals surface area contributed by atoms with Gasteiger partial charge in [-0.3, -0.25) is 9.59 Å². The van der Waals surface area contributed by atoms with Crippen molar-refractivity contribution in [3.63, 3.8) is 0 Å². The van der Waals surface area contributed by atoms with Gasteiger partial charge in [-0.25, -0.2) is 0 Å². The van der Waals surface area contributed by atoms with Crippen LogP contribution >= 0.6 is 0 Å². The maximum atomic E-state index is 11.6. The first-order chi connectivity index (χ1) is 10.2. The normalized spacial score (nSPS) is 14.7. The highest BCUT2D eigenvalue weighted by Crippen LogP contribution is 2.23. The molecule has 1 fully saturated rings. The second-order valence-corrected chi connectivity index (χ2v) is 5.33. The summed E-state index contributed by atoms with van der Waals surface area (Å²) in [5, 5.41) is 5.41. The number of benzene rings is 1. The number of amides is 2. The maximum Gasteiger partial charge on any atom is 0.258 e. The summed E-state index contributed by atoms with van der Waals surface area (Å²) in [4.78, 5) is 23.2. The Morgan fingerprint density at radius 3 is 2.48 bits per heavy atom. The van der Waals surface area contributed by atoms with Gasteiger partial charge in [-0.05, 0) is 30.9 Å². The van der Waals surface area contributed by atoms with E-state index in [0.29, 0.717) is 11.7 Å². The molecule has 1 aromatic rings. The lowest BCUT2D eigenvalue weighted by Crippen LogP contribution is -2.40. The Kier molecular flexibility index (Phi) is 6.06. The second-order valence-electron chi connectivity index (χ2n) is 5.33. The molecule has 1 aliphatic rings. The molecular formula is C16H22N2O3. The molecule has 114 valence electrons. The predicted octanol–water partition coefficient (Wildman–Crippen LogP) is 1.49. The number of para-hydroxylation sites is 1. The van der Waals surface area contributed by atoms with Gasteiger partial charge in [0.05, 0.1) is 6.54 Å². The van der Waals surface area contributed by atoms with Crippen LogP contribution < -0.4 is 15.4 Å². The fourth-order valence-electron chi connectivity index (χ4n) is 2.43. The Balaban J connectivity index is 1.56. The van der Waals surface area contributed by atoms with Gasteiger partial charge < -0.3 is 15.4 Å². The van der Waals surface area contributed by atoms with Gasteiger partial charge in [0.15, 0.2) is 6.61 Å². The van der Waals surface area contributed by atoms with E-state index in [-0.39, 0.29) is 25.0 Å². The van der Waals surface area contributed by atoms with E-state index in [1.54, 1.807) is 12.1 Å². The average Bonchev–Trinajstić information content (AvgIpc) is 3.03. The lowest BCUT2D eigenvalue weighted by atomic mass is 10.1. The van der Waals surface area contributed by atoms with Gasteiger partial charge in [0.25, 0.3) is 5.91 Å². The monoisotopic (exact) mass is 290 g/mol. The van der Waals surface area contributed by atoms with E-state index < -0.39 is 0 Å². The molecule has 5 nitrogen and oxygen atoms in total. The minimum atomic E-state index is -0.296. The van der Waals surface area contributed by atoms with Crippen molar-refractivity contribution in [3.8, 4) is 5.75 Å². The highest BCUT2D eigenvalue weighted by atomic mass is 16.5. The third-order valence-electron chi connectivity index (χ3n) is 3.62. The van der Waals surface area contributed by atoms with Crippen LogP contribution in [0.5, 0.6) is 5.75 Å². The molecule has 0 aromatic heterocycles. The lowest BCUT2D eigenvalue weighted by Gasteiger charge is -2.11. The summed E-state index contributed by atoms with van der Waals surface area (Å²) in [6, 6.07) is 9.11. The molecule has 0 aliphatic heterocycles. The third-order valence-corrected chi connectivity index (χ3v) is 3.62. The molecule has 1 aliphatic carbocycles. The zero-order valence-corrected chi connectivity index (χ0v) is 12.1. The molecule has 1 saturated carbocycles. The van der Waals surface area contributed by atoms with Crippen LogP contribution in [0.2, 0.25) is 0 Å². The van der Waals surface area contributed by atoms with E-state index in [0.717, 1.165) is 6.54 Å². The molecular weight excluding hydrogens is 268 g/mol. The van der Waals surface area contributed by atoms with E-state index in [9.17, 15) is 9.59 Å². The van der Waals surface area contributed by atoms with Gasteiger partial charge >= 0.3 is 0 Å². The molecule has 0 atom stereocenters. The maximum absolute atomic E-state index is 11.6. The van der Waals surface area contributed by atoms with Crippen LogP contribution in [-0.4, -0.2) is 31.5 Å². The minimum Gasteiger partial charge on any atom is -0.484 e. The summed E-state index contributed by atoms with van der Waals surface area (Å²) >= 11 is 0. The SMILES string of the molecule is O=C(CNC(=O)COc1ccccc1)NCC1CCCC1. The average molecular weight is 290 g/mol. The van der Waals surface area contributed by atoms with Gasteiger partial charge in [0, 0.05) is 6.54 Å². The van der Waals surface area contributed by atoms with Crippen molar-refractivity contribution < 1.29 is 14.3 Å². The van der Waals surface area contributed by atoms with E-state index in [1.165, 1.54) is 25.7 Å². The van der Waals surface area contributed by atoms with Crippen LogP contribution in [0.3, 0.4) is 0 Å². The smallest absolute Gasteiger partial charge is 0.258 e. The van der Waals surface area contributed by atoms with Gasteiger partial charge in [-0.15, -0.1) is 0 Å². The number of rotatable bonds is 7. The molecule has 2 N–H and O–H groups in total. The van der Waals surface area contributed by atoms with E-state index in [2.05, 4.69) is 10.6 Å². The first-order valence-electron chi connectivity index (χ1n) is 7.45. The number of hydrogen-bond acceptors (Lipinski definition) is 3. The van der Waals surface area contributed by atoms with Crippen LogP contribution in [0.4, 0.5) is 0 Å². The van der Waals surface area contributed by atoms with Crippen molar-refractivity contribution in [3.05, 3.63) is 30.3 Å². The summed E-state index contributed by atoms with van der Waals surface area (Å²) in [7, 11) is 0. The Labute approximate surface area is 125 Å². The quantitative estimate of drug-likeness (QED) is 0.799. The molecule has 0 saturated heterocycles. The van der Waals surface area contributed by atoms with Gasteiger partial charge in [0.1, 0.15) is 5.75 Å². The van der Waals surface area contributed by atoms with Crippen LogP contribution in [-0.2, 0) is 9.59 Å². The predicted molar refractivity (Wildman–Crippen MR) is 79.9 cm³/mol. The number of ether oxygens (including phenoxy) is 1. The highest BCUT2D eigenvalue weighted by Gasteiger charge is 2.15. The van der Waals surface area contributed by atoms with E-state index in [1.807, 2.05) is 18.2 Å². The van der Waals surface area contributed by atoms with Crippen molar-refractivity contribution in [1.82, 2.24) is 10.6 Å². The fraction of sp³-hybridized carbons (Fsp3) is 0.500. The molecule has 0 bridgehead atoms. The van der Waals surface area contributed by atoms with Gasteiger partial charge in [-0.2, -0.15) is 0 Å². The standard InChI is InChI=1S/C16H22N2O3/c19-15(17-10-13-6-4-5-7-13)11-18-16(20)12-21-14-8-2-1-3-9-14/h1-3,8-9,13H,4-7,10-12H2,(H,17,19)(H,18,20). The Morgan fingerprint density at radius 1 is 1.05 bits per heavy atom. The number of carbonyl (C=O) groups is 2. The molecule has 0 radical (unpaired) electrons. The van der Waals surface area contributed by atoms with Crippen molar-refractivity contribution in [2.75, 3.05) is 19.7 Å². The topological polar surface area (TPSA) is 67.4 Å². The van der Waals surface area contributed by atoms with E-state index in [4.69, 9.17) is 4.74 Å². The van der Waals surface area contributed by atoms with E-state index >= 15 is 0 Å². The number of carbonyl (C=O) groups excluding carboxylic acids is 2. The van der Waals surface area contributed by atoms with Gasteiger partial charge in [-0.1, -0.05) is 31.0 Å². The molecule has 0 heterocycles. The van der Waals surface area contributed by atoms with Gasteiger partial charge in [0.2, 0.25) is 5.91 Å². The van der Waals surface area contributed by atoms with Crippen LogP contribution in [0, 0.1) is 5.92 Å². The summed E-state index contributed by atoms with van der Waals surface area (Å²) < 4.78 is 5.30. The molecule has 21 heavy (non-hydrogen) atoms. The number of nitrogens with one attached hydrogen (secondary N) is 2. The molecule has 0 spiro atoms. The first-order valence-corrected chi connectivity index (χ1v) is 7.45. The largest absolute Gasteiger partial charge is 0.484 e. The molecule has 2 amide bonds. The Hall–Kier alpha value is -2.04. The van der Waals surface area contributed by atoms with Crippen LogP contribution in [0.1, 0.15) is 25.7 Å². The zero-order chi connectivity index (χ0) is 14.9. The van der Waals surface area contributed by atoms with Crippen molar-refractivity contribution in [2.45, 2.75) is 25.7 Å². The third kappa shape index (κ3) is 5.85. The molecule has 0 unspecified atom stereocenters. The van der Waals surface area contributed by atoms with Crippen molar-refractivity contribution >= 4 is 11.8 Å². The molecule has 2 rings (SSSR count). The molecule has 1 aromatic carbocycles. The zero-order valence-electron chi connectivity index (χ0n) is 12.1. The Bertz CT molecular complexity index is 456. The van der Waals surface area contributed by atoms with Crippen molar-refractivity contribution in [2.24, 2.45) is 5.92 Å². The summed E-state index contributed by atoms with van der Waals surface area (Å²) in [6.07, 6.45) is 4.90. The number of hydrogen-bond donors (Lipinski definition) is 2. The summed E-state index contributed by atoms with van der Waals surface area (Å²) in [6.45, 7) is 0.638. The highest BCUT2D eigenvalue weighted by molar-refractivity contribution is 5.85.